The van der Waals surface area contributed by atoms with Gasteiger partial charge < -0.3 is 15.7 Å². The lowest BCUT2D eigenvalue weighted by atomic mass is 10.0. The molecule has 2 aromatic carbocycles. The van der Waals surface area contributed by atoms with Crippen molar-refractivity contribution in [3.05, 3.63) is 66.0 Å². The zero-order valence-electron chi connectivity index (χ0n) is 11.6. The van der Waals surface area contributed by atoms with Crippen molar-refractivity contribution in [2.45, 2.75) is 19.1 Å². The first-order chi connectivity index (χ1) is 10.1. The third-order valence-electron chi connectivity index (χ3n) is 3.10. The molecule has 0 unspecified atom stereocenters. The van der Waals surface area contributed by atoms with Crippen molar-refractivity contribution >= 4 is 11.7 Å². The van der Waals surface area contributed by atoms with E-state index in [0.717, 1.165) is 0 Å². The summed E-state index contributed by atoms with van der Waals surface area (Å²) in [6, 6.07) is 13.8. The molecule has 2 aromatic rings. The minimum atomic E-state index is -0.836. The molecule has 5 heteroatoms. The number of hydrogen-bond acceptors (Lipinski definition) is 2. The molecule has 0 aromatic heterocycles. The number of carbonyl (C=O) groups excluding carboxylic acids is 1. The Morgan fingerprint density at radius 2 is 1.71 bits per heavy atom. The summed E-state index contributed by atoms with van der Waals surface area (Å²) in [6.07, 6.45) is -0.836. The van der Waals surface area contributed by atoms with E-state index in [1.54, 1.807) is 31.2 Å². The molecular formula is C16H17FN2O2. The molecule has 0 saturated heterocycles. The maximum absolute atomic E-state index is 13.4. The topological polar surface area (TPSA) is 61.4 Å². The van der Waals surface area contributed by atoms with Crippen molar-refractivity contribution in [1.82, 2.24) is 5.32 Å². The van der Waals surface area contributed by atoms with E-state index in [1.165, 1.54) is 12.1 Å². The number of aliphatic hydroxyl groups is 1. The van der Waals surface area contributed by atoms with E-state index >= 15 is 0 Å². The first kappa shape index (κ1) is 15.0. The maximum Gasteiger partial charge on any atom is 0.319 e. The van der Waals surface area contributed by atoms with Gasteiger partial charge in [-0.25, -0.2) is 9.18 Å². The average molecular weight is 288 g/mol. The van der Waals surface area contributed by atoms with Crippen molar-refractivity contribution in [2.24, 2.45) is 0 Å². The first-order valence-corrected chi connectivity index (χ1v) is 6.63. The highest BCUT2D eigenvalue weighted by atomic mass is 19.1. The smallest absolute Gasteiger partial charge is 0.319 e. The number of benzene rings is 2. The Morgan fingerprint density at radius 1 is 1.10 bits per heavy atom. The fraction of sp³-hybridized carbons (Fsp3) is 0.188. The second-order valence-corrected chi connectivity index (χ2v) is 4.72. The number of para-hydroxylation sites is 1. The number of amides is 2. The highest BCUT2D eigenvalue weighted by Crippen LogP contribution is 2.16. The van der Waals surface area contributed by atoms with Crippen LogP contribution in [0, 0.1) is 5.82 Å². The molecular weight excluding hydrogens is 271 g/mol. The van der Waals surface area contributed by atoms with Crippen LogP contribution in [0.5, 0.6) is 0 Å². The molecule has 2 rings (SSSR count). The van der Waals surface area contributed by atoms with E-state index in [-0.39, 0.29) is 5.69 Å². The van der Waals surface area contributed by atoms with E-state index < -0.39 is 24.0 Å². The van der Waals surface area contributed by atoms with Gasteiger partial charge in [-0.3, -0.25) is 0 Å². The van der Waals surface area contributed by atoms with Gasteiger partial charge in [0.05, 0.1) is 17.8 Å². The van der Waals surface area contributed by atoms with Crippen LogP contribution in [0.25, 0.3) is 0 Å². The summed E-state index contributed by atoms with van der Waals surface area (Å²) in [5.41, 5.74) is 0.799. The number of hydrogen-bond donors (Lipinski definition) is 3. The summed E-state index contributed by atoms with van der Waals surface area (Å²) >= 11 is 0. The summed E-state index contributed by atoms with van der Waals surface area (Å²) in [7, 11) is 0. The highest BCUT2D eigenvalue weighted by Gasteiger charge is 2.18. The number of anilines is 1. The first-order valence-electron chi connectivity index (χ1n) is 6.63. The van der Waals surface area contributed by atoms with Crippen molar-refractivity contribution in [3.8, 4) is 0 Å². The normalized spacial score (nSPS) is 13.3. The van der Waals surface area contributed by atoms with Crippen LogP contribution in [-0.2, 0) is 0 Å². The van der Waals surface area contributed by atoms with Gasteiger partial charge >= 0.3 is 6.03 Å². The monoisotopic (exact) mass is 288 g/mol. The second-order valence-electron chi connectivity index (χ2n) is 4.72. The summed E-state index contributed by atoms with van der Waals surface area (Å²) in [5, 5.41) is 15.1. The van der Waals surface area contributed by atoms with Crippen LogP contribution >= 0.6 is 0 Å². The molecule has 0 heterocycles. The third-order valence-corrected chi connectivity index (χ3v) is 3.10. The Kier molecular flexibility index (Phi) is 4.90. The zero-order chi connectivity index (χ0) is 15.2. The predicted molar refractivity (Wildman–Crippen MR) is 79.4 cm³/mol. The number of urea groups is 1. The van der Waals surface area contributed by atoms with Gasteiger partial charge in [0.1, 0.15) is 5.82 Å². The lowest BCUT2D eigenvalue weighted by Crippen LogP contribution is -2.39. The Hall–Kier alpha value is -2.40. The predicted octanol–water partition coefficient (Wildman–Crippen LogP) is 3.07. The molecule has 21 heavy (non-hydrogen) atoms. The lowest BCUT2D eigenvalue weighted by Gasteiger charge is -2.21. The van der Waals surface area contributed by atoms with Crippen molar-refractivity contribution in [2.75, 3.05) is 5.32 Å². The van der Waals surface area contributed by atoms with Gasteiger partial charge in [-0.05, 0) is 24.6 Å². The van der Waals surface area contributed by atoms with E-state index in [9.17, 15) is 14.3 Å². The van der Waals surface area contributed by atoms with Crippen molar-refractivity contribution < 1.29 is 14.3 Å². The standard InChI is InChI=1S/C16H17FN2O2/c1-11(15(20)12-7-3-2-4-8-12)18-16(21)19-14-10-6-5-9-13(14)17/h2-11,15,20H,1H3,(H2,18,19,21)/t11-,15-/m0/s1. The molecule has 4 nitrogen and oxygen atoms in total. The second kappa shape index (κ2) is 6.85. The van der Waals surface area contributed by atoms with Gasteiger partial charge in [-0.1, -0.05) is 42.5 Å². The van der Waals surface area contributed by atoms with Crippen LogP contribution in [0.1, 0.15) is 18.6 Å². The molecule has 110 valence electrons. The molecule has 0 bridgehead atoms. The largest absolute Gasteiger partial charge is 0.386 e. The van der Waals surface area contributed by atoms with Gasteiger partial charge in [0.2, 0.25) is 0 Å². The molecule has 0 radical (unpaired) electrons. The van der Waals surface area contributed by atoms with Crippen molar-refractivity contribution in [3.63, 3.8) is 0 Å². The molecule has 0 aliphatic carbocycles. The minimum Gasteiger partial charge on any atom is -0.386 e. The number of nitrogens with one attached hydrogen (secondary N) is 2. The van der Waals surface area contributed by atoms with Gasteiger partial charge in [0.25, 0.3) is 0 Å². The van der Waals surface area contributed by atoms with Crippen LogP contribution in [0.4, 0.5) is 14.9 Å². The van der Waals surface area contributed by atoms with Crippen LogP contribution in [0.15, 0.2) is 54.6 Å². The SMILES string of the molecule is C[C@H](NC(=O)Nc1ccccc1F)[C@H](O)c1ccccc1. The Morgan fingerprint density at radius 3 is 2.38 bits per heavy atom. The molecule has 0 saturated carbocycles. The fourth-order valence-corrected chi connectivity index (χ4v) is 1.95. The quantitative estimate of drug-likeness (QED) is 0.809. The van der Waals surface area contributed by atoms with E-state index in [1.807, 2.05) is 18.2 Å². The third kappa shape index (κ3) is 4.03. The van der Waals surface area contributed by atoms with E-state index in [0.29, 0.717) is 5.56 Å². The molecule has 0 spiro atoms. The Bertz CT molecular complexity index is 604. The summed E-state index contributed by atoms with van der Waals surface area (Å²) in [5.74, 6) is -0.510. The van der Waals surface area contributed by atoms with E-state index in [2.05, 4.69) is 10.6 Å². The fourth-order valence-electron chi connectivity index (χ4n) is 1.95. The van der Waals surface area contributed by atoms with Gasteiger partial charge in [0, 0.05) is 0 Å². The number of aliphatic hydroxyl groups excluding tert-OH is 1. The van der Waals surface area contributed by atoms with E-state index in [4.69, 9.17) is 0 Å². The number of halogens is 1. The Balaban J connectivity index is 1.95. The lowest BCUT2D eigenvalue weighted by molar-refractivity contribution is 0.139. The molecule has 2 atom stereocenters. The van der Waals surface area contributed by atoms with Crippen LogP contribution < -0.4 is 10.6 Å². The van der Waals surface area contributed by atoms with Gasteiger partial charge in [0.15, 0.2) is 0 Å². The molecule has 0 aliphatic rings. The van der Waals surface area contributed by atoms with Crippen molar-refractivity contribution in [1.29, 1.82) is 0 Å². The summed E-state index contributed by atoms with van der Waals surface area (Å²) < 4.78 is 13.4. The highest BCUT2D eigenvalue weighted by molar-refractivity contribution is 5.89. The number of rotatable bonds is 4. The molecule has 2 amide bonds. The zero-order valence-corrected chi connectivity index (χ0v) is 11.6. The molecule has 3 N–H and O–H groups in total. The minimum absolute atomic E-state index is 0.0939. The molecule has 0 fully saturated rings. The number of carbonyl (C=O) groups is 1. The Labute approximate surface area is 122 Å². The van der Waals surface area contributed by atoms with Crippen LogP contribution in [0.2, 0.25) is 0 Å². The van der Waals surface area contributed by atoms with Crippen LogP contribution in [0.3, 0.4) is 0 Å². The molecule has 0 aliphatic heterocycles. The van der Waals surface area contributed by atoms with Gasteiger partial charge in [-0.2, -0.15) is 0 Å². The average Bonchev–Trinajstić information content (AvgIpc) is 2.49. The van der Waals surface area contributed by atoms with Gasteiger partial charge in [-0.15, -0.1) is 0 Å². The summed E-state index contributed by atoms with van der Waals surface area (Å²) in [6.45, 7) is 1.68. The summed E-state index contributed by atoms with van der Waals surface area (Å²) in [4.78, 5) is 11.8. The van der Waals surface area contributed by atoms with Crippen LogP contribution in [-0.4, -0.2) is 17.2 Å². The maximum atomic E-state index is 13.4.